The fourth-order valence-corrected chi connectivity index (χ4v) is 2.16. The van der Waals surface area contributed by atoms with E-state index in [-0.39, 0.29) is 0 Å². The minimum atomic E-state index is -4.26. The molecule has 1 nitrogen and oxygen atoms in total. The minimum absolute atomic E-state index is 0.499. The summed E-state index contributed by atoms with van der Waals surface area (Å²) in [6.45, 7) is 5.04. The van der Waals surface area contributed by atoms with Crippen LogP contribution in [0, 0.1) is 11.8 Å². The number of hydrogen-bond acceptors (Lipinski definition) is 1. The van der Waals surface area contributed by atoms with Crippen LogP contribution >= 0.6 is 0 Å². The molecule has 0 spiro atoms. The summed E-state index contributed by atoms with van der Waals surface area (Å²) in [5.41, 5.74) is 1.05. The maximum atomic E-state index is 12.5. The van der Waals surface area contributed by atoms with Crippen LogP contribution in [-0.2, 0) is 12.6 Å². The van der Waals surface area contributed by atoms with Gasteiger partial charge in [-0.3, -0.25) is 0 Å². The molecule has 0 bridgehead atoms. The third-order valence-electron chi connectivity index (χ3n) is 3.42. The Kier molecular flexibility index (Phi) is 3.06. The van der Waals surface area contributed by atoms with Crippen LogP contribution in [0.4, 0.5) is 18.9 Å². The topological polar surface area (TPSA) is 12.0 Å². The Bertz CT molecular complexity index is 410. The van der Waals surface area contributed by atoms with E-state index in [0.29, 0.717) is 17.5 Å². The summed E-state index contributed by atoms with van der Waals surface area (Å²) < 4.78 is 37.6. The molecule has 0 aromatic heterocycles. The maximum Gasteiger partial charge on any atom is 0.416 e. The third kappa shape index (κ3) is 2.56. The van der Waals surface area contributed by atoms with Crippen molar-refractivity contribution >= 4 is 5.69 Å². The first-order chi connectivity index (χ1) is 7.88. The van der Waals surface area contributed by atoms with Crippen molar-refractivity contribution in [2.24, 2.45) is 11.8 Å². The predicted octanol–water partition coefficient (Wildman–Crippen LogP) is 3.95. The van der Waals surface area contributed by atoms with Gasteiger partial charge in [0.25, 0.3) is 0 Å². The summed E-state index contributed by atoms with van der Waals surface area (Å²) in [7, 11) is 0. The van der Waals surface area contributed by atoms with Gasteiger partial charge in [0.05, 0.1) is 5.56 Å². The van der Waals surface area contributed by atoms with Crippen LogP contribution in [0.1, 0.15) is 25.0 Å². The lowest BCUT2D eigenvalue weighted by atomic mass is 9.85. The van der Waals surface area contributed by atoms with Gasteiger partial charge in [-0.15, -0.1) is 0 Å². The molecule has 0 aliphatic carbocycles. The minimum Gasteiger partial charge on any atom is -0.385 e. The first kappa shape index (κ1) is 12.3. The van der Waals surface area contributed by atoms with Gasteiger partial charge in [-0.2, -0.15) is 13.2 Å². The van der Waals surface area contributed by atoms with Crippen molar-refractivity contribution in [3.63, 3.8) is 0 Å². The molecule has 1 atom stereocenters. The fourth-order valence-electron chi connectivity index (χ4n) is 2.16. The smallest absolute Gasteiger partial charge is 0.385 e. The highest BCUT2D eigenvalue weighted by Crippen LogP contribution is 2.35. The van der Waals surface area contributed by atoms with Crippen LogP contribution in [0.5, 0.6) is 0 Å². The molecule has 2 rings (SSSR count). The monoisotopic (exact) mass is 243 g/mol. The van der Waals surface area contributed by atoms with Gasteiger partial charge in [0, 0.05) is 12.2 Å². The predicted molar refractivity (Wildman–Crippen MR) is 62.0 cm³/mol. The molecule has 0 saturated carbocycles. The number of benzene rings is 1. The molecule has 1 heterocycles. The lowest BCUT2D eigenvalue weighted by Crippen LogP contribution is -2.27. The Morgan fingerprint density at radius 3 is 2.59 bits per heavy atom. The molecule has 1 aliphatic heterocycles. The molecular formula is C13H16F3N. The van der Waals surface area contributed by atoms with Gasteiger partial charge < -0.3 is 5.32 Å². The summed E-state index contributed by atoms with van der Waals surface area (Å²) in [4.78, 5) is 0. The van der Waals surface area contributed by atoms with Crippen LogP contribution < -0.4 is 5.32 Å². The molecular weight excluding hydrogens is 227 g/mol. The number of nitrogens with one attached hydrogen (secondary N) is 1. The number of halogens is 3. The highest BCUT2D eigenvalue weighted by atomic mass is 19.4. The summed E-state index contributed by atoms with van der Waals surface area (Å²) in [6, 6.07) is 3.98. The molecule has 94 valence electrons. The van der Waals surface area contributed by atoms with Gasteiger partial charge >= 0.3 is 6.18 Å². The van der Waals surface area contributed by atoms with Crippen molar-refractivity contribution in [1.29, 1.82) is 0 Å². The van der Waals surface area contributed by atoms with Gasteiger partial charge in [-0.1, -0.05) is 19.9 Å². The summed E-state index contributed by atoms with van der Waals surface area (Å²) in [6.07, 6.45) is -3.40. The van der Waals surface area contributed by atoms with Gasteiger partial charge in [0.1, 0.15) is 0 Å². The highest BCUT2D eigenvalue weighted by molar-refractivity contribution is 5.55. The largest absolute Gasteiger partial charge is 0.416 e. The van der Waals surface area contributed by atoms with Gasteiger partial charge in [-0.25, -0.2) is 0 Å². The van der Waals surface area contributed by atoms with E-state index in [9.17, 15) is 13.2 Å². The lowest BCUT2D eigenvalue weighted by molar-refractivity contribution is -0.137. The van der Waals surface area contributed by atoms with Crippen molar-refractivity contribution in [1.82, 2.24) is 0 Å². The second-order valence-corrected chi connectivity index (χ2v) is 4.96. The number of anilines is 1. The molecule has 1 unspecified atom stereocenters. The average Bonchev–Trinajstić information content (AvgIpc) is 2.26. The van der Waals surface area contributed by atoms with Crippen LogP contribution in [0.15, 0.2) is 18.2 Å². The number of alkyl halides is 3. The second kappa shape index (κ2) is 4.24. The first-order valence-electron chi connectivity index (χ1n) is 5.82. The Morgan fingerprint density at radius 1 is 1.29 bits per heavy atom. The van der Waals surface area contributed by atoms with Crippen LogP contribution in [-0.4, -0.2) is 6.54 Å². The summed E-state index contributed by atoms with van der Waals surface area (Å²) in [5.74, 6) is 1.04. The molecule has 0 radical (unpaired) electrons. The van der Waals surface area contributed by atoms with Crippen LogP contribution in [0.25, 0.3) is 0 Å². The van der Waals surface area contributed by atoms with Gasteiger partial charge in [0.15, 0.2) is 0 Å². The van der Waals surface area contributed by atoms with E-state index in [2.05, 4.69) is 19.2 Å². The Morgan fingerprint density at radius 2 is 2.00 bits per heavy atom. The van der Waals surface area contributed by atoms with Crippen molar-refractivity contribution in [3.8, 4) is 0 Å². The quantitative estimate of drug-likeness (QED) is 0.787. The van der Waals surface area contributed by atoms with Gasteiger partial charge in [-0.05, 0) is 36.0 Å². The van der Waals surface area contributed by atoms with Crippen LogP contribution in [0.2, 0.25) is 0 Å². The average molecular weight is 243 g/mol. The normalized spacial score (nSPS) is 20.0. The highest BCUT2D eigenvalue weighted by Gasteiger charge is 2.32. The molecule has 0 fully saturated rings. The van der Waals surface area contributed by atoms with E-state index < -0.39 is 11.7 Å². The van der Waals surface area contributed by atoms with E-state index in [1.807, 2.05) is 0 Å². The summed E-state index contributed by atoms with van der Waals surface area (Å²) >= 11 is 0. The molecule has 1 aliphatic rings. The fraction of sp³-hybridized carbons (Fsp3) is 0.538. The SMILES string of the molecule is CC(C)C1CNc2cc(C(F)(F)F)ccc2C1. The Labute approximate surface area is 99.0 Å². The number of hydrogen-bond donors (Lipinski definition) is 1. The third-order valence-corrected chi connectivity index (χ3v) is 3.42. The van der Waals surface area contributed by atoms with E-state index in [1.165, 1.54) is 12.1 Å². The first-order valence-corrected chi connectivity index (χ1v) is 5.82. The zero-order chi connectivity index (χ0) is 12.6. The zero-order valence-corrected chi connectivity index (χ0v) is 9.93. The molecule has 4 heteroatoms. The standard InChI is InChI=1S/C13H16F3N/c1-8(2)10-5-9-3-4-11(13(14,15)16)6-12(9)17-7-10/h3-4,6,8,10,17H,5,7H2,1-2H3. The second-order valence-electron chi connectivity index (χ2n) is 4.96. The Balaban J connectivity index is 2.26. The zero-order valence-electron chi connectivity index (χ0n) is 9.93. The van der Waals surface area contributed by atoms with Crippen LogP contribution in [0.3, 0.4) is 0 Å². The van der Waals surface area contributed by atoms with E-state index in [4.69, 9.17) is 0 Å². The number of fused-ring (bicyclic) bond motifs is 1. The van der Waals surface area contributed by atoms with Crippen molar-refractivity contribution < 1.29 is 13.2 Å². The number of rotatable bonds is 1. The maximum absolute atomic E-state index is 12.5. The van der Waals surface area contributed by atoms with E-state index >= 15 is 0 Å². The lowest BCUT2D eigenvalue weighted by Gasteiger charge is -2.29. The molecule has 1 N–H and O–H groups in total. The molecule has 17 heavy (non-hydrogen) atoms. The van der Waals surface area contributed by atoms with E-state index in [1.54, 1.807) is 6.07 Å². The molecule has 0 amide bonds. The Hall–Kier alpha value is -1.19. The van der Waals surface area contributed by atoms with Crippen molar-refractivity contribution in [2.75, 3.05) is 11.9 Å². The van der Waals surface area contributed by atoms with Gasteiger partial charge in [0.2, 0.25) is 0 Å². The summed E-state index contributed by atoms with van der Waals surface area (Å²) in [5, 5.41) is 3.11. The molecule has 1 aromatic carbocycles. The molecule has 0 saturated heterocycles. The van der Waals surface area contributed by atoms with Crippen molar-refractivity contribution in [2.45, 2.75) is 26.4 Å². The van der Waals surface area contributed by atoms with Crippen molar-refractivity contribution in [3.05, 3.63) is 29.3 Å². The molecule has 1 aromatic rings. The van der Waals surface area contributed by atoms with E-state index in [0.717, 1.165) is 18.5 Å².